The molecule has 20 heavy (non-hydrogen) atoms. The van der Waals surface area contributed by atoms with E-state index in [9.17, 15) is 0 Å². The van der Waals surface area contributed by atoms with Crippen molar-refractivity contribution >= 4 is 0 Å². The van der Waals surface area contributed by atoms with Crippen molar-refractivity contribution in [3.05, 3.63) is 35.4 Å². The second kappa shape index (κ2) is 6.73. The molecule has 1 saturated heterocycles. The fourth-order valence-electron chi connectivity index (χ4n) is 3.12. The number of nitrogens with zero attached hydrogens (tertiary/aromatic N) is 1. The van der Waals surface area contributed by atoms with Crippen molar-refractivity contribution in [2.45, 2.75) is 45.6 Å². The number of hydrogen-bond acceptors (Lipinski definition) is 2. The van der Waals surface area contributed by atoms with Crippen molar-refractivity contribution < 1.29 is 0 Å². The van der Waals surface area contributed by atoms with Crippen LogP contribution >= 0.6 is 0 Å². The summed E-state index contributed by atoms with van der Waals surface area (Å²) in [6.45, 7) is 11.6. The minimum Gasteiger partial charge on any atom is -0.319 e. The van der Waals surface area contributed by atoms with Gasteiger partial charge in [0.05, 0.1) is 0 Å². The Kier molecular flexibility index (Phi) is 5.22. The topological polar surface area (TPSA) is 15.3 Å². The highest BCUT2D eigenvalue weighted by atomic mass is 15.1. The molecule has 1 aromatic rings. The molecule has 2 rings (SSSR count). The highest BCUT2D eigenvalue weighted by Gasteiger charge is 2.19. The van der Waals surface area contributed by atoms with E-state index >= 15 is 0 Å². The van der Waals surface area contributed by atoms with Gasteiger partial charge in [-0.25, -0.2) is 0 Å². The van der Waals surface area contributed by atoms with Crippen LogP contribution in [-0.4, -0.2) is 31.6 Å². The first kappa shape index (κ1) is 15.5. The summed E-state index contributed by atoms with van der Waals surface area (Å²) < 4.78 is 0. The zero-order valence-corrected chi connectivity index (χ0v) is 13.6. The molecule has 0 saturated carbocycles. The van der Waals surface area contributed by atoms with Gasteiger partial charge >= 0.3 is 0 Å². The molecule has 0 aromatic heterocycles. The van der Waals surface area contributed by atoms with E-state index in [-0.39, 0.29) is 5.41 Å². The first-order valence-electron chi connectivity index (χ1n) is 7.95. The number of rotatable bonds is 4. The molecule has 0 bridgehead atoms. The first-order valence-corrected chi connectivity index (χ1v) is 7.95. The number of hydrogen-bond donors (Lipinski definition) is 1. The molecule has 1 heterocycles. The van der Waals surface area contributed by atoms with E-state index in [1.807, 2.05) is 0 Å². The smallest absolute Gasteiger partial charge is 0.0233 e. The van der Waals surface area contributed by atoms with E-state index in [1.165, 1.54) is 37.1 Å². The monoisotopic (exact) mass is 274 g/mol. The molecule has 0 spiro atoms. The third-order valence-electron chi connectivity index (χ3n) is 4.32. The molecule has 1 aliphatic rings. The summed E-state index contributed by atoms with van der Waals surface area (Å²) in [7, 11) is 2.06. The van der Waals surface area contributed by atoms with Crippen LogP contribution in [0.3, 0.4) is 0 Å². The van der Waals surface area contributed by atoms with Crippen LogP contribution in [-0.2, 0) is 12.0 Å². The van der Waals surface area contributed by atoms with E-state index in [1.54, 1.807) is 0 Å². The molecular weight excluding hydrogens is 244 g/mol. The van der Waals surface area contributed by atoms with Gasteiger partial charge in [0.25, 0.3) is 0 Å². The Morgan fingerprint density at radius 2 is 1.90 bits per heavy atom. The lowest BCUT2D eigenvalue weighted by Crippen LogP contribution is -2.38. The van der Waals surface area contributed by atoms with Crippen molar-refractivity contribution in [2.75, 3.05) is 26.7 Å². The van der Waals surface area contributed by atoms with Crippen molar-refractivity contribution in [1.29, 1.82) is 0 Å². The minimum atomic E-state index is 0.252. The fourth-order valence-corrected chi connectivity index (χ4v) is 3.12. The quantitative estimate of drug-likeness (QED) is 0.905. The Labute approximate surface area is 124 Å². The maximum atomic E-state index is 3.32. The Balaban J connectivity index is 1.93. The lowest BCUT2D eigenvalue weighted by Gasteiger charge is -2.32. The maximum absolute atomic E-state index is 3.32. The average Bonchev–Trinajstić information content (AvgIpc) is 2.39. The van der Waals surface area contributed by atoms with Gasteiger partial charge in [-0.15, -0.1) is 0 Å². The van der Waals surface area contributed by atoms with Crippen LogP contribution in [0.1, 0.15) is 44.7 Å². The normalized spacial score (nSPS) is 21.1. The summed E-state index contributed by atoms with van der Waals surface area (Å²) in [5.74, 6) is 0.822. The van der Waals surface area contributed by atoms with Crippen molar-refractivity contribution in [3.8, 4) is 0 Å². The molecule has 0 aliphatic carbocycles. The van der Waals surface area contributed by atoms with Gasteiger partial charge < -0.3 is 5.32 Å². The highest BCUT2D eigenvalue weighted by Crippen LogP contribution is 2.23. The molecule has 112 valence electrons. The molecule has 1 aromatic carbocycles. The third-order valence-corrected chi connectivity index (χ3v) is 4.32. The van der Waals surface area contributed by atoms with Gasteiger partial charge in [0.15, 0.2) is 0 Å². The number of likely N-dealkylation sites (tertiary alicyclic amines) is 1. The van der Waals surface area contributed by atoms with Gasteiger partial charge in [-0.3, -0.25) is 4.90 Å². The Morgan fingerprint density at radius 1 is 1.20 bits per heavy atom. The van der Waals surface area contributed by atoms with Gasteiger partial charge in [-0.2, -0.15) is 0 Å². The molecule has 1 aliphatic heterocycles. The van der Waals surface area contributed by atoms with Crippen LogP contribution in [0.25, 0.3) is 0 Å². The fraction of sp³-hybridized carbons (Fsp3) is 0.667. The Hall–Kier alpha value is -0.860. The maximum Gasteiger partial charge on any atom is 0.0233 e. The molecule has 1 unspecified atom stereocenters. The zero-order valence-electron chi connectivity index (χ0n) is 13.6. The van der Waals surface area contributed by atoms with Crippen LogP contribution in [0.4, 0.5) is 0 Å². The third kappa shape index (κ3) is 4.32. The SMILES string of the molecule is CNCC1CCCN(Cc2ccc(C(C)(C)C)cc2)C1. The molecule has 1 N–H and O–H groups in total. The standard InChI is InChI=1S/C18H30N2/c1-18(2,3)17-9-7-15(8-10-17)13-20-11-5-6-16(14-20)12-19-4/h7-10,16,19H,5-6,11-14H2,1-4H3. The molecule has 2 nitrogen and oxygen atoms in total. The van der Waals surface area contributed by atoms with E-state index < -0.39 is 0 Å². The van der Waals surface area contributed by atoms with E-state index in [4.69, 9.17) is 0 Å². The number of nitrogens with one attached hydrogen (secondary N) is 1. The van der Waals surface area contributed by atoms with Gasteiger partial charge in [0.2, 0.25) is 0 Å². The molecule has 1 atom stereocenters. The lowest BCUT2D eigenvalue weighted by molar-refractivity contribution is 0.167. The lowest BCUT2D eigenvalue weighted by atomic mass is 9.86. The van der Waals surface area contributed by atoms with Gasteiger partial charge in [-0.05, 0) is 55.4 Å². The largest absolute Gasteiger partial charge is 0.319 e. The summed E-state index contributed by atoms with van der Waals surface area (Å²) in [5, 5.41) is 3.32. The predicted molar refractivity (Wildman–Crippen MR) is 87.1 cm³/mol. The van der Waals surface area contributed by atoms with Gasteiger partial charge in [-0.1, -0.05) is 45.0 Å². The summed E-state index contributed by atoms with van der Waals surface area (Å²) >= 11 is 0. The molecular formula is C18H30N2. The van der Waals surface area contributed by atoms with E-state index in [0.717, 1.165) is 19.0 Å². The van der Waals surface area contributed by atoms with Crippen LogP contribution < -0.4 is 5.32 Å². The molecule has 1 fully saturated rings. The summed E-state index contributed by atoms with van der Waals surface area (Å²) in [5.41, 5.74) is 3.12. The zero-order chi connectivity index (χ0) is 14.6. The van der Waals surface area contributed by atoms with Crippen LogP contribution in [0.2, 0.25) is 0 Å². The number of piperidine rings is 1. The van der Waals surface area contributed by atoms with Gasteiger partial charge in [0.1, 0.15) is 0 Å². The Morgan fingerprint density at radius 3 is 2.50 bits per heavy atom. The van der Waals surface area contributed by atoms with Crippen molar-refractivity contribution in [1.82, 2.24) is 10.2 Å². The molecule has 0 radical (unpaired) electrons. The van der Waals surface area contributed by atoms with Crippen LogP contribution in [0.5, 0.6) is 0 Å². The predicted octanol–water partition coefficient (Wildman–Crippen LogP) is 3.42. The molecule has 0 amide bonds. The van der Waals surface area contributed by atoms with Crippen LogP contribution in [0, 0.1) is 5.92 Å². The second-order valence-electron chi connectivity index (χ2n) is 7.25. The van der Waals surface area contributed by atoms with E-state index in [2.05, 4.69) is 62.3 Å². The van der Waals surface area contributed by atoms with Gasteiger partial charge in [0, 0.05) is 13.1 Å². The second-order valence-corrected chi connectivity index (χ2v) is 7.25. The van der Waals surface area contributed by atoms with Crippen molar-refractivity contribution in [2.24, 2.45) is 5.92 Å². The molecule has 2 heteroatoms. The average molecular weight is 274 g/mol. The Bertz CT molecular complexity index is 400. The first-order chi connectivity index (χ1) is 9.49. The van der Waals surface area contributed by atoms with E-state index in [0.29, 0.717) is 0 Å². The summed E-state index contributed by atoms with van der Waals surface area (Å²) in [6, 6.07) is 9.21. The summed E-state index contributed by atoms with van der Waals surface area (Å²) in [4.78, 5) is 2.61. The van der Waals surface area contributed by atoms with Crippen molar-refractivity contribution in [3.63, 3.8) is 0 Å². The summed E-state index contributed by atoms with van der Waals surface area (Å²) in [6.07, 6.45) is 2.72. The minimum absolute atomic E-state index is 0.252. The van der Waals surface area contributed by atoms with Crippen LogP contribution in [0.15, 0.2) is 24.3 Å². The number of benzene rings is 1. The highest BCUT2D eigenvalue weighted by molar-refractivity contribution is 5.27.